The Morgan fingerprint density at radius 1 is 1.11 bits per heavy atom. The largest absolute Gasteiger partial charge is 0.508 e. The molecule has 1 aromatic rings. The Balaban J connectivity index is 2.09. The number of phenolic OH excluding ortho intramolecular Hbond substituents is 1. The zero-order valence-electron chi connectivity index (χ0n) is 11.2. The van der Waals surface area contributed by atoms with Gasteiger partial charge in [-0.25, -0.2) is 0 Å². The van der Waals surface area contributed by atoms with Crippen LogP contribution < -0.4 is 0 Å². The molecule has 19 heavy (non-hydrogen) atoms. The molecular formula is C14H18N2O3. The third-order valence-electron chi connectivity index (χ3n) is 3.55. The van der Waals surface area contributed by atoms with Crippen molar-refractivity contribution in [2.24, 2.45) is 0 Å². The van der Waals surface area contributed by atoms with Crippen molar-refractivity contribution in [2.45, 2.75) is 13.8 Å². The van der Waals surface area contributed by atoms with Gasteiger partial charge < -0.3 is 14.9 Å². The number of hydrogen-bond donors (Lipinski definition) is 1. The van der Waals surface area contributed by atoms with Gasteiger partial charge in [0.1, 0.15) is 5.75 Å². The average Bonchev–Trinajstić information content (AvgIpc) is 2.41. The molecule has 1 aliphatic rings. The Morgan fingerprint density at radius 3 is 2.26 bits per heavy atom. The van der Waals surface area contributed by atoms with Crippen LogP contribution >= 0.6 is 0 Å². The molecule has 1 fully saturated rings. The quantitative estimate of drug-likeness (QED) is 0.821. The van der Waals surface area contributed by atoms with E-state index in [1.165, 1.54) is 6.92 Å². The van der Waals surface area contributed by atoms with Crippen molar-refractivity contribution >= 4 is 11.8 Å². The van der Waals surface area contributed by atoms with E-state index in [4.69, 9.17) is 0 Å². The molecule has 5 heteroatoms. The molecule has 1 N–H and O–H groups in total. The van der Waals surface area contributed by atoms with Crippen LogP contribution in [0, 0.1) is 6.92 Å². The molecule has 0 bridgehead atoms. The van der Waals surface area contributed by atoms with Gasteiger partial charge in [-0.2, -0.15) is 0 Å². The standard InChI is InChI=1S/C14H18N2O3/c1-10-12(4-3-5-13(10)18)14(19)16-8-6-15(7-9-16)11(2)17/h3-5,18H,6-9H2,1-2H3. The SMILES string of the molecule is CC(=O)N1CCN(C(=O)c2cccc(O)c2C)CC1. The predicted molar refractivity (Wildman–Crippen MR) is 71.0 cm³/mol. The minimum atomic E-state index is -0.0865. The minimum absolute atomic E-state index is 0.0423. The molecule has 2 amide bonds. The highest BCUT2D eigenvalue weighted by Gasteiger charge is 2.24. The molecule has 0 spiro atoms. The Kier molecular flexibility index (Phi) is 3.74. The summed E-state index contributed by atoms with van der Waals surface area (Å²) in [7, 11) is 0. The Bertz CT molecular complexity index is 505. The van der Waals surface area contributed by atoms with E-state index in [0.717, 1.165) is 0 Å². The number of phenols is 1. The van der Waals surface area contributed by atoms with Gasteiger partial charge in [0.25, 0.3) is 5.91 Å². The number of carbonyl (C=O) groups excluding carboxylic acids is 2. The molecule has 0 atom stereocenters. The van der Waals surface area contributed by atoms with Crippen molar-refractivity contribution < 1.29 is 14.7 Å². The first-order valence-electron chi connectivity index (χ1n) is 6.34. The fourth-order valence-corrected chi connectivity index (χ4v) is 2.25. The lowest BCUT2D eigenvalue weighted by molar-refractivity contribution is -0.130. The summed E-state index contributed by atoms with van der Waals surface area (Å²) < 4.78 is 0. The second-order valence-electron chi connectivity index (χ2n) is 4.75. The molecule has 0 radical (unpaired) electrons. The highest BCUT2D eigenvalue weighted by atomic mass is 16.3. The molecule has 0 aromatic heterocycles. The van der Waals surface area contributed by atoms with Gasteiger partial charge in [0.05, 0.1) is 0 Å². The van der Waals surface area contributed by atoms with E-state index in [-0.39, 0.29) is 17.6 Å². The molecular weight excluding hydrogens is 244 g/mol. The van der Waals surface area contributed by atoms with Crippen LogP contribution in [0.4, 0.5) is 0 Å². The zero-order chi connectivity index (χ0) is 14.0. The molecule has 2 rings (SSSR count). The Hall–Kier alpha value is -2.04. The smallest absolute Gasteiger partial charge is 0.254 e. The molecule has 1 aromatic carbocycles. The molecule has 0 aliphatic carbocycles. The van der Waals surface area contributed by atoms with Crippen LogP contribution in [-0.4, -0.2) is 52.9 Å². The lowest BCUT2D eigenvalue weighted by atomic mass is 10.1. The first kappa shape index (κ1) is 13.4. The minimum Gasteiger partial charge on any atom is -0.508 e. The average molecular weight is 262 g/mol. The predicted octanol–water partition coefficient (Wildman–Crippen LogP) is 1.00. The Labute approximate surface area is 112 Å². The monoisotopic (exact) mass is 262 g/mol. The van der Waals surface area contributed by atoms with E-state index < -0.39 is 0 Å². The molecule has 1 aliphatic heterocycles. The maximum absolute atomic E-state index is 12.4. The van der Waals surface area contributed by atoms with Gasteiger partial charge in [-0.3, -0.25) is 9.59 Å². The second kappa shape index (κ2) is 5.30. The zero-order valence-corrected chi connectivity index (χ0v) is 11.2. The first-order chi connectivity index (χ1) is 9.00. The van der Waals surface area contributed by atoms with Crippen molar-refractivity contribution in [3.05, 3.63) is 29.3 Å². The summed E-state index contributed by atoms with van der Waals surface area (Å²) in [4.78, 5) is 27.1. The van der Waals surface area contributed by atoms with Crippen molar-refractivity contribution in [1.29, 1.82) is 0 Å². The van der Waals surface area contributed by atoms with Crippen molar-refractivity contribution in [3.8, 4) is 5.75 Å². The van der Waals surface area contributed by atoms with E-state index >= 15 is 0 Å². The maximum atomic E-state index is 12.4. The second-order valence-corrected chi connectivity index (χ2v) is 4.75. The molecule has 0 saturated carbocycles. The maximum Gasteiger partial charge on any atom is 0.254 e. The number of aromatic hydroxyl groups is 1. The molecule has 1 heterocycles. The third-order valence-corrected chi connectivity index (χ3v) is 3.55. The summed E-state index contributed by atoms with van der Waals surface area (Å²) >= 11 is 0. The van der Waals surface area contributed by atoms with Gasteiger partial charge in [-0.1, -0.05) is 6.07 Å². The van der Waals surface area contributed by atoms with Crippen molar-refractivity contribution in [3.63, 3.8) is 0 Å². The summed E-state index contributed by atoms with van der Waals surface area (Å²) in [5.41, 5.74) is 1.12. The van der Waals surface area contributed by atoms with Crippen LogP contribution in [0.2, 0.25) is 0 Å². The van der Waals surface area contributed by atoms with Crippen LogP contribution in [0.3, 0.4) is 0 Å². The van der Waals surface area contributed by atoms with Gasteiger partial charge in [0.2, 0.25) is 5.91 Å². The summed E-state index contributed by atoms with van der Waals surface area (Å²) in [6, 6.07) is 4.95. The highest BCUT2D eigenvalue weighted by Crippen LogP contribution is 2.21. The number of nitrogens with zero attached hydrogens (tertiary/aromatic N) is 2. The highest BCUT2D eigenvalue weighted by molar-refractivity contribution is 5.96. The number of carbonyl (C=O) groups is 2. The van der Waals surface area contributed by atoms with Gasteiger partial charge >= 0.3 is 0 Å². The van der Waals surface area contributed by atoms with Crippen LogP contribution in [0.25, 0.3) is 0 Å². The van der Waals surface area contributed by atoms with Crippen LogP contribution in [0.15, 0.2) is 18.2 Å². The number of benzene rings is 1. The van der Waals surface area contributed by atoms with Gasteiger partial charge in [-0.15, -0.1) is 0 Å². The lowest BCUT2D eigenvalue weighted by Crippen LogP contribution is -2.50. The summed E-state index contributed by atoms with van der Waals surface area (Å²) in [6.45, 7) is 5.48. The van der Waals surface area contributed by atoms with Crippen molar-refractivity contribution in [1.82, 2.24) is 9.80 Å². The summed E-state index contributed by atoms with van der Waals surface area (Å²) in [5.74, 6) is 0.0884. The topological polar surface area (TPSA) is 60.9 Å². The van der Waals surface area contributed by atoms with E-state index in [0.29, 0.717) is 37.3 Å². The van der Waals surface area contributed by atoms with Crippen molar-refractivity contribution in [2.75, 3.05) is 26.2 Å². The molecule has 1 saturated heterocycles. The van der Waals surface area contributed by atoms with Gasteiger partial charge in [0, 0.05) is 44.2 Å². The van der Waals surface area contributed by atoms with Crippen LogP contribution in [0.5, 0.6) is 5.75 Å². The van der Waals surface area contributed by atoms with Gasteiger partial charge in [-0.05, 0) is 19.1 Å². The van der Waals surface area contributed by atoms with E-state index in [9.17, 15) is 14.7 Å². The number of piperazine rings is 1. The molecule has 0 unspecified atom stereocenters. The Morgan fingerprint density at radius 2 is 1.68 bits per heavy atom. The van der Waals surface area contributed by atoms with E-state index in [1.54, 1.807) is 34.9 Å². The molecule has 102 valence electrons. The first-order valence-corrected chi connectivity index (χ1v) is 6.34. The third kappa shape index (κ3) is 2.70. The lowest BCUT2D eigenvalue weighted by Gasteiger charge is -2.34. The summed E-state index contributed by atoms with van der Waals surface area (Å²) in [5, 5.41) is 9.64. The van der Waals surface area contributed by atoms with Crippen LogP contribution in [0.1, 0.15) is 22.8 Å². The summed E-state index contributed by atoms with van der Waals surface area (Å²) in [6.07, 6.45) is 0. The number of hydrogen-bond acceptors (Lipinski definition) is 3. The number of amides is 2. The van der Waals surface area contributed by atoms with E-state index in [1.807, 2.05) is 0 Å². The number of rotatable bonds is 1. The van der Waals surface area contributed by atoms with E-state index in [2.05, 4.69) is 0 Å². The normalized spacial score (nSPS) is 15.5. The van der Waals surface area contributed by atoms with Gasteiger partial charge in [0.15, 0.2) is 0 Å². The fourth-order valence-electron chi connectivity index (χ4n) is 2.25. The van der Waals surface area contributed by atoms with Crippen LogP contribution in [-0.2, 0) is 4.79 Å². The molecule has 5 nitrogen and oxygen atoms in total. The fraction of sp³-hybridized carbons (Fsp3) is 0.429.